The standard InChI is InChI=1S/C14H19ClN2O4S.ClH/c1-16-9-10-4-3-7-17(10)22(19,20)11-5-6-12(13(15)8-11)14(18)21-2;/h5-6,8,10,16H,3-4,7,9H2,1-2H3;1H. The van der Waals surface area contributed by atoms with E-state index in [0.29, 0.717) is 13.1 Å². The van der Waals surface area contributed by atoms with Gasteiger partial charge in [0.2, 0.25) is 10.0 Å². The molecule has 9 heteroatoms. The van der Waals surface area contributed by atoms with Crippen LogP contribution in [0, 0.1) is 0 Å². The van der Waals surface area contributed by atoms with E-state index >= 15 is 0 Å². The van der Waals surface area contributed by atoms with Gasteiger partial charge in [-0.15, -0.1) is 12.4 Å². The zero-order chi connectivity index (χ0) is 16.3. The second kappa shape index (κ2) is 8.30. The molecule has 0 saturated carbocycles. The minimum Gasteiger partial charge on any atom is -0.465 e. The smallest absolute Gasteiger partial charge is 0.339 e. The number of esters is 1. The Hall–Kier alpha value is -0.860. The third-order valence-corrected chi connectivity index (χ3v) is 5.98. The van der Waals surface area contributed by atoms with Crippen molar-refractivity contribution in [2.24, 2.45) is 0 Å². The van der Waals surface area contributed by atoms with E-state index in [9.17, 15) is 13.2 Å². The van der Waals surface area contributed by atoms with Gasteiger partial charge in [0.1, 0.15) is 0 Å². The molecule has 6 nitrogen and oxygen atoms in total. The lowest BCUT2D eigenvalue weighted by Gasteiger charge is -2.24. The number of hydrogen-bond acceptors (Lipinski definition) is 5. The molecule has 0 spiro atoms. The van der Waals surface area contributed by atoms with Crippen LogP contribution in [0.4, 0.5) is 0 Å². The second-order valence-electron chi connectivity index (χ2n) is 5.10. The van der Waals surface area contributed by atoms with Gasteiger partial charge in [0.05, 0.1) is 22.6 Å². The zero-order valence-electron chi connectivity index (χ0n) is 12.9. The monoisotopic (exact) mass is 382 g/mol. The molecule has 0 bridgehead atoms. The van der Waals surface area contributed by atoms with Crippen LogP contribution in [-0.4, -0.2) is 52.0 Å². The minimum absolute atomic E-state index is 0. The molecule has 0 amide bonds. The van der Waals surface area contributed by atoms with E-state index in [0.717, 1.165) is 12.8 Å². The molecule has 0 aromatic heterocycles. The normalized spacial score (nSPS) is 18.5. The Bertz CT molecular complexity index is 667. The van der Waals surface area contributed by atoms with Gasteiger partial charge in [-0.25, -0.2) is 13.2 Å². The molecule has 1 aliphatic rings. The van der Waals surface area contributed by atoms with Crippen LogP contribution in [0.15, 0.2) is 23.1 Å². The van der Waals surface area contributed by atoms with Crippen LogP contribution in [-0.2, 0) is 14.8 Å². The summed E-state index contributed by atoms with van der Waals surface area (Å²) in [5, 5.41) is 3.08. The Kier molecular flexibility index (Phi) is 7.29. The van der Waals surface area contributed by atoms with Gasteiger partial charge in [-0.2, -0.15) is 4.31 Å². The number of carbonyl (C=O) groups is 1. The number of carbonyl (C=O) groups excluding carboxylic acids is 1. The summed E-state index contributed by atoms with van der Waals surface area (Å²) in [5.41, 5.74) is 0.149. The number of hydrogen-bond donors (Lipinski definition) is 1. The highest BCUT2D eigenvalue weighted by Crippen LogP contribution is 2.28. The lowest BCUT2D eigenvalue weighted by Crippen LogP contribution is -2.40. The molecular weight excluding hydrogens is 363 g/mol. The Morgan fingerprint density at radius 1 is 1.48 bits per heavy atom. The molecule has 1 atom stereocenters. The van der Waals surface area contributed by atoms with Crippen molar-refractivity contribution in [3.05, 3.63) is 28.8 Å². The summed E-state index contributed by atoms with van der Waals surface area (Å²) in [7, 11) is -0.582. The third kappa shape index (κ3) is 4.16. The van der Waals surface area contributed by atoms with Crippen molar-refractivity contribution in [1.82, 2.24) is 9.62 Å². The predicted molar refractivity (Wildman–Crippen MR) is 90.9 cm³/mol. The number of nitrogens with zero attached hydrogens (tertiary/aromatic N) is 1. The number of ether oxygens (including phenoxy) is 1. The van der Waals surface area contributed by atoms with Crippen molar-refractivity contribution in [3.8, 4) is 0 Å². The van der Waals surface area contributed by atoms with Gasteiger partial charge in [0, 0.05) is 19.1 Å². The largest absolute Gasteiger partial charge is 0.465 e. The van der Waals surface area contributed by atoms with E-state index in [2.05, 4.69) is 10.1 Å². The summed E-state index contributed by atoms with van der Waals surface area (Å²) in [6.45, 7) is 1.10. The maximum atomic E-state index is 12.7. The quantitative estimate of drug-likeness (QED) is 0.787. The van der Waals surface area contributed by atoms with Crippen molar-refractivity contribution >= 4 is 40.0 Å². The van der Waals surface area contributed by atoms with Crippen molar-refractivity contribution in [3.63, 3.8) is 0 Å². The van der Waals surface area contributed by atoms with E-state index in [1.54, 1.807) is 7.05 Å². The van der Waals surface area contributed by atoms with E-state index in [-0.39, 0.29) is 33.9 Å². The predicted octanol–water partition coefficient (Wildman–Crippen LogP) is 1.92. The van der Waals surface area contributed by atoms with Crippen LogP contribution in [0.5, 0.6) is 0 Å². The van der Waals surface area contributed by atoms with Crippen LogP contribution in [0.1, 0.15) is 23.2 Å². The highest BCUT2D eigenvalue weighted by molar-refractivity contribution is 7.89. The van der Waals surface area contributed by atoms with Crippen LogP contribution in [0.25, 0.3) is 0 Å². The Balaban J connectivity index is 0.00000264. The summed E-state index contributed by atoms with van der Waals surface area (Å²) in [4.78, 5) is 11.6. The van der Waals surface area contributed by atoms with E-state index in [4.69, 9.17) is 11.6 Å². The number of rotatable bonds is 5. The number of nitrogens with one attached hydrogen (secondary N) is 1. The molecule has 0 aliphatic carbocycles. The van der Waals surface area contributed by atoms with E-state index in [1.165, 1.54) is 29.6 Å². The van der Waals surface area contributed by atoms with Crippen molar-refractivity contribution in [1.29, 1.82) is 0 Å². The van der Waals surface area contributed by atoms with Gasteiger partial charge in [-0.1, -0.05) is 11.6 Å². The Labute approximate surface area is 147 Å². The number of sulfonamides is 1. The average molecular weight is 383 g/mol. The first kappa shape index (κ1) is 20.2. The van der Waals surface area contributed by atoms with Gasteiger partial charge in [-0.05, 0) is 38.1 Å². The number of halogens is 2. The molecule has 0 radical (unpaired) electrons. The van der Waals surface area contributed by atoms with Crippen LogP contribution >= 0.6 is 24.0 Å². The lowest BCUT2D eigenvalue weighted by atomic mass is 10.2. The average Bonchev–Trinajstić information content (AvgIpc) is 2.96. The first-order valence-corrected chi connectivity index (χ1v) is 8.78. The molecule has 1 aromatic carbocycles. The van der Waals surface area contributed by atoms with Gasteiger partial charge in [-0.3, -0.25) is 0 Å². The second-order valence-corrected chi connectivity index (χ2v) is 7.40. The van der Waals surface area contributed by atoms with Gasteiger partial charge in [0.15, 0.2) is 0 Å². The number of likely N-dealkylation sites (N-methyl/N-ethyl adjacent to an activating group) is 1. The summed E-state index contributed by atoms with van der Waals surface area (Å²) in [5.74, 6) is -0.594. The van der Waals surface area contributed by atoms with Crippen LogP contribution in [0.2, 0.25) is 5.02 Å². The summed E-state index contributed by atoms with van der Waals surface area (Å²) < 4.78 is 31.6. The highest BCUT2D eigenvalue weighted by Gasteiger charge is 2.35. The fourth-order valence-corrected chi connectivity index (χ4v) is 4.67. The summed E-state index contributed by atoms with van der Waals surface area (Å²) in [6, 6.07) is 4.01. The molecule has 1 N–H and O–H groups in total. The van der Waals surface area contributed by atoms with Crippen molar-refractivity contribution in [2.75, 3.05) is 27.2 Å². The maximum Gasteiger partial charge on any atom is 0.339 e. The summed E-state index contributed by atoms with van der Waals surface area (Å²) >= 11 is 6.02. The van der Waals surface area contributed by atoms with Crippen LogP contribution in [0.3, 0.4) is 0 Å². The van der Waals surface area contributed by atoms with Gasteiger partial charge < -0.3 is 10.1 Å². The summed E-state index contributed by atoms with van der Waals surface area (Å²) in [6.07, 6.45) is 1.66. The maximum absolute atomic E-state index is 12.7. The van der Waals surface area contributed by atoms with Crippen LogP contribution < -0.4 is 5.32 Å². The van der Waals surface area contributed by atoms with E-state index in [1.807, 2.05) is 0 Å². The highest BCUT2D eigenvalue weighted by atomic mass is 35.5. The zero-order valence-corrected chi connectivity index (χ0v) is 15.3. The molecule has 1 aromatic rings. The molecule has 130 valence electrons. The molecular formula is C14H20Cl2N2O4S. The molecule has 1 saturated heterocycles. The number of benzene rings is 1. The molecule has 1 fully saturated rings. The minimum atomic E-state index is -3.62. The Morgan fingerprint density at radius 2 is 2.17 bits per heavy atom. The first-order valence-electron chi connectivity index (χ1n) is 6.96. The van der Waals surface area contributed by atoms with Crippen molar-refractivity contribution < 1.29 is 17.9 Å². The Morgan fingerprint density at radius 3 is 2.74 bits per heavy atom. The van der Waals surface area contributed by atoms with Crippen molar-refractivity contribution in [2.45, 2.75) is 23.8 Å². The van der Waals surface area contributed by atoms with Gasteiger partial charge >= 0.3 is 5.97 Å². The SMILES string of the molecule is CNCC1CCCN1S(=O)(=O)c1ccc(C(=O)OC)c(Cl)c1.Cl. The fourth-order valence-electron chi connectivity index (χ4n) is 2.63. The molecule has 1 aliphatic heterocycles. The topological polar surface area (TPSA) is 75.7 Å². The van der Waals surface area contributed by atoms with Gasteiger partial charge in [0.25, 0.3) is 0 Å². The molecule has 1 heterocycles. The molecule has 23 heavy (non-hydrogen) atoms. The fraction of sp³-hybridized carbons (Fsp3) is 0.500. The molecule has 2 rings (SSSR count). The first-order chi connectivity index (χ1) is 10.4. The number of methoxy groups -OCH3 is 1. The van der Waals surface area contributed by atoms with E-state index < -0.39 is 16.0 Å². The lowest BCUT2D eigenvalue weighted by molar-refractivity contribution is 0.0601. The molecule has 1 unspecified atom stereocenters. The third-order valence-electron chi connectivity index (χ3n) is 3.72.